The molecule has 4 saturated heterocycles. The van der Waals surface area contributed by atoms with Crippen LogP contribution in [0.2, 0.25) is 5.02 Å². The number of likely N-dealkylation sites (tertiary alicyclic amines) is 1. The Labute approximate surface area is 302 Å². The second kappa shape index (κ2) is 13.4. The van der Waals surface area contributed by atoms with Gasteiger partial charge in [0.1, 0.15) is 12.4 Å². The number of nitrogens with zero attached hydrogens (tertiary/aromatic N) is 8. The van der Waals surface area contributed by atoms with Crippen molar-refractivity contribution < 1.29 is 18.8 Å². The number of benzene rings is 2. The van der Waals surface area contributed by atoms with Gasteiger partial charge in [-0.3, -0.25) is 9.69 Å². The van der Waals surface area contributed by atoms with Crippen LogP contribution in [0.25, 0.3) is 16.8 Å². The van der Waals surface area contributed by atoms with Crippen molar-refractivity contribution in [2.45, 2.75) is 62.6 Å². The largest absolute Gasteiger partial charge is 0.461 e. The maximum atomic E-state index is 13.3. The van der Waals surface area contributed by atoms with E-state index in [0.29, 0.717) is 57.2 Å². The monoisotopic (exact) mass is 710 g/mol. The summed E-state index contributed by atoms with van der Waals surface area (Å²) in [5.41, 5.74) is 3.32. The molecule has 5 aliphatic heterocycles. The van der Waals surface area contributed by atoms with Crippen molar-refractivity contribution in [3.8, 4) is 6.01 Å². The first-order valence-electron chi connectivity index (χ1n) is 18.3. The van der Waals surface area contributed by atoms with E-state index in [9.17, 15) is 4.79 Å². The van der Waals surface area contributed by atoms with Gasteiger partial charge in [0.25, 0.3) is 5.89 Å². The highest BCUT2D eigenvalue weighted by Crippen LogP contribution is 2.40. The molecule has 0 N–H and O–H groups in total. The number of hydrogen-bond acceptors (Lipinski definition) is 11. The highest BCUT2D eigenvalue weighted by molar-refractivity contribution is 6.36. The number of ether oxygens (including phenoxy) is 2. The van der Waals surface area contributed by atoms with Crippen molar-refractivity contribution in [1.82, 2.24) is 29.9 Å². The van der Waals surface area contributed by atoms with Gasteiger partial charge in [-0.1, -0.05) is 41.0 Å². The predicted octanol–water partition coefficient (Wildman–Crippen LogP) is 5.10. The first kappa shape index (κ1) is 32.6. The van der Waals surface area contributed by atoms with E-state index in [2.05, 4.69) is 56.2 Å². The van der Waals surface area contributed by atoms with Crippen molar-refractivity contribution in [3.05, 3.63) is 70.5 Å². The summed E-state index contributed by atoms with van der Waals surface area (Å²) in [4.78, 5) is 37.0. The van der Waals surface area contributed by atoms with E-state index in [1.165, 1.54) is 18.9 Å². The fourth-order valence-corrected chi connectivity index (χ4v) is 8.97. The molecule has 1 amide bonds. The molecule has 266 valence electrons. The first-order valence-corrected chi connectivity index (χ1v) is 18.6. The fraction of sp³-hybridized carbons (Fsp3) is 0.500. The van der Waals surface area contributed by atoms with Gasteiger partial charge in [-0.15, -0.1) is 0 Å². The second-order valence-electron chi connectivity index (χ2n) is 14.6. The summed E-state index contributed by atoms with van der Waals surface area (Å²) < 4.78 is 17.1. The molecule has 51 heavy (non-hydrogen) atoms. The Kier molecular flexibility index (Phi) is 8.56. The average molecular weight is 711 g/mol. The van der Waals surface area contributed by atoms with Crippen LogP contribution in [0.3, 0.4) is 0 Å². The SMILES string of the molecule is CN(c1nc(OCC23CCCN2CCC3)nc2c1CCN(c1cccc3cccc(Cl)c13)C2)[C@@H]1CCN(C(=O)/C=C/c2nc(C3COC3)no2)C1. The summed E-state index contributed by atoms with van der Waals surface area (Å²) in [6.07, 6.45) is 9.48. The van der Waals surface area contributed by atoms with Crippen LogP contribution >= 0.6 is 11.6 Å². The number of hydrogen-bond donors (Lipinski definition) is 0. The Balaban J connectivity index is 0.962. The highest BCUT2D eigenvalue weighted by atomic mass is 35.5. The minimum atomic E-state index is -0.0762. The number of carbonyl (C=O) groups excluding carboxylic acids is 1. The lowest BCUT2D eigenvalue weighted by Gasteiger charge is -2.35. The Morgan fingerprint density at radius 3 is 2.71 bits per heavy atom. The predicted molar refractivity (Wildman–Crippen MR) is 194 cm³/mol. The molecule has 0 unspecified atom stereocenters. The van der Waals surface area contributed by atoms with Gasteiger partial charge in [0.15, 0.2) is 5.82 Å². The van der Waals surface area contributed by atoms with Gasteiger partial charge in [-0.25, -0.2) is 0 Å². The molecule has 0 radical (unpaired) electrons. The third-order valence-corrected chi connectivity index (χ3v) is 12.0. The zero-order valence-electron chi connectivity index (χ0n) is 29.0. The molecule has 4 aromatic rings. The first-order chi connectivity index (χ1) is 24.9. The number of anilines is 2. The number of likely N-dealkylation sites (N-methyl/N-ethyl adjacent to an activating group) is 1. The maximum Gasteiger partial charge on any atom is 0.318 e. The van der Waals surface area contributed by atoms with Crippen LogP contribution in [0, 0.1) is 0 Å². The number of rotatable bonds is 9. The molecule has 4 fully saturated rings. The van der Waals surface area contributed by atoms with Crippen LogP contribution in [-0.2, 0) is 22.5 Å². The number of amides is 1. The zero-order chi connectivity index (χ0) is 34.5. The third kappa shape index (κ3) is 6.10. The van der Waals surface area contributed by atoms with Gasteiger partial charge in [0.2, 0.25) is 5.91 Å². The topological polar surface area (TPSA) is 113 Å². The van der Waals surface area contributed by atoms with E-state index < -0.39 is 0 Å². The van der Waals surface area contributed by atoms with Crippen LogP contribution < -0.4 is 14.5 Å². The molecule has 2 aromatic heterocycles. The minimum absolute atomic E-state index is 0.0762. The Bertz CT molecular complexity index is 1970. The van der Waals surface area contributed by atoms with Gasteiger partial charge in [-0.05, 0) is 69.1 Å². The van der Waals surface area contributed by atoms with Gasteiger partial charge in [0, 0.05) is 61.5 Å². The molecule has 0 aliphatic carbocycles. The van der Waals surface area contributed by atoms with Crippen LogP contribution in [0.15, 0.2) is 47.0 Å². The molecule has 7 heterocycles. The lowest BCUT2D eigenvalue weighted by Crippen LogP contribution is -2.44. The molecule has 9 rings (SSSR count). The standard InChI is InChI=1S/C38H43ClN8O4/c1-44(27-12-18-46(20-27)33(48)11-10-32-41-35(43-51-32)26-22-49-23-26)36-28-13-19-45(31-9-3-7-25-6-2-8-29(39)34(25)31)21-30(28)40-37(42-36)50-24-38-14-4-16-47(38)17-5-15-38/h2-3,6-11,26-27H,4-5,12-24H2,1H3/b11-10+/t27-/m1/s1. The van der Waals surface area contributed by atoms with Crippen molar-refractivity contribution in [2.75, 3.05) is 69.4 Å². The zero-order valence-corrected chi connectivity index (χ0v) is 29.7. The summed E-state index contributed by atoms with van der Waals surface area (Å²) in [5, 5.41) is 6.96. The lowest BCUT2D eigenvalue weighted by molar-refractivity contribution is -0.124. The highest BCUT2D eigenvalue weighted by Gasteiger charge is 2.45. The van der Waals surface area contributed by atoms with Crippen molar-refractivity contribution in [1.29, 1.82) is 0 Å². The molecular weight excluding hydrogens is 668 g/mol. The van der Waals surface area contributed by atoms with Crippen LogP contribution in [0.1, 0.15) is 61.0 Å². The normalized spacial score (nSPS) is 21.7. The molecule has 0 spiro atoms. The van der Waals surface area contributed by atoms with Crippen LogP contribution in [0.4, 0.5) is 11.5 Å². The summed E-state index contributed by atoms with van der Waals surface area (Å²) in [5.74, 6) is 1.94. The Hall–Kier alpha value is -4.26. The van der Waals surface area contributed by atoms with Crippen molar-refractivity contribution in [2.24, 2.45) is 0 Å². The molecule has 5 aliphatic rings. The van der Waals surface area contributed by atoms with Crippen LogP contribution in [-0.4, -0.2) is 107 Å². The van der Waals surface area contributed by atoms with Crippen molar-refractivity contribution in [3.63, 3.8) is 0 Å². The Morgan fingerprint density at radius 2 is 1.90 bits per heavy atom. The molecular formula is C38H43ClN8O4. The molecule has 0 saturated carbocycles. The van der Waals surface area contributed by atoms with E-state index in [1.807, 2.05) is 17.0 Å². The lowest BCUT2D eigenvalue weighted by atomic mass is 9.95. The number of aromatic nitrogens is 4. The van der Waals surface area contributed by atoms with Crippen LogP contribution in [0.5, 0.6) is 6.01 Å². The number of fused-ring (bicyclic) bond motifs is 3. The van der Waals surface area contributed by atoms with Gasteiger partial charge in [0.05, 0.1) is 41.9 Å². The number of halogens is 1. The molecule has 2 aromatic carbocycles. The summed E-state index contributed by atoms with van der Waals surface area (Å²) >= 11 is 6.77. The number of carbonyl (C=O) groups is 1. The smallest absolute Gasteiger partial charge is 0.318 e. The Morgan fingerprint density at radius 1 is 1.08 bits per heavy atom. The summed E-state index contributed by atoms with van der Waals surface area (Å²) in [7, 11) is 2.09. The van der Waals surface area contributed by atoms with E-state index >= 15 is 0 Å². The minimum Gasteiger partial charge on any atom is -0.461 e. The molecule has 13 heteroatoms. The maximum absolute atomic E-state index is 13.3. The van der Waals surface area contributed by atoms with E-state index in [-0.39, 0.29) is 23.4 Å². The third-order valence-electron chi connectivity index (χ3n) is 11.7. The van der Waals surface area contributed by atoms with E-state index in [1.54, 1.807) is 6.08 Å². The summed E-state index contributed by atoms with van der Waals surface area (Å²) in [6.45, 7) is 6.76. The van der Waals surface area contributed by atoms with Gasteiger partial charge in [-0.2, -0.15) is 15.0 Å². The fourth-order valence-electron chi connectivity index (χ4n) is 8.69. The average Bonchev–Trinajstić information content (AvgIpc) is 3.94. The van der Waals surface area contributed by atoms with E-state index in [4.69, 9.17) is 35.6 Å². The summed E-state index contributed by atoms with van der Waals surface area (Å²) in [6, 6.07) is 12.9. The van der Waals surface area contributed by atoms with Crippen molar-refractivity contribution >= 4 is 45.9 Å². The van der Waals surface area contributed by atoms with Gasteiger partial charge < -0.3 is 28.7 Å². The molecule has 12 nitrogen and oxygen atoms in total. The second-order valence-corrected chi connectivity index (χ2v) is 15.1. The quantitative estimate of drug-likeness (QED) is 0.216. The molecule has 1 atom stereocenters. The molecule has 0 bridgehead atoms. The van der Waals surface area contributed by atoms with Gasteiger partial charge >= 0.3 is 6.01 Å². The van der Waals surface area contributed by atoms with E-state index in [0.717, 1.165) is 83.9 Å².